The van der Waals surface area contributed by atoms with E-state index in [-0.39, 0.29) is 29.7 Å². The van der Waals surface area contributed by atoms with Crippen LogP contribution in [0.1, 0.15) is 51.9 Å². The minimum absolute atomic E-state index is 0.0402. The lowest BCUT2D eigenvalue weighted by atomic mass is 9.93. The minimum Gasteiger partial charge on any atom is -0.346 e. The summed E-state index contributed by atoms with van der Waals surface area (Å²) in [4.78, 5) is 34.2. The van der Waals surface area contributed by atoms with Crippen LogP contribution in [0, 0.1) is 11.8 Å². The molecule has 0 bridgehead atoms. The van der Waals surface area contributed by atoms with E-state index < -0.39 is 0 Å². The highest BCUT2D eigenvalue weighted by Crippen LogP contribution is 2.26. The molecule has 2 unspecified atom stereocenters. The Morgan fingerprint density at radius 2 is 2.00 bits per heavy atom. The third-order valence-corrected chi connectivity index (χ3v) is 5.52. The first-order valence-electron chi connectivity index (χ1n) is 9.50. The molecule has 2 aromatic rings. The molecule has 0 saturated carbocycles. The molecule has 6 heteroatoms. The number of piperidine rings is 1. The fourth-order valence-electron chi connectivity index (χ4n) is 3.56. The molecule has 140 valence electrons. The van der Waals surface area contributed by atoms with E-state index in [0.717, 1.165) is 36.1 Å². The van der Waals surface area contributed by atoms with E-state index in [2.05, 4.69) is 24.1 Å². The number of benzene rings is 1. The molecule has 1 aliphatic heterocycles. The smallest absolute Gasteiger partial charge is 0.223 e. The number of para-hydroxylation sites is 2. The summed E-state index contributed by atoms with van der Waals surface area (Å²) in [6.45, 7) is 7.16. The number of hydrogen-bond donors (Lipinski definition) is 2. The predicted octanol–water partition coefficient (Wildman–Crippen LogP) is 3.02. The Hall–Kier alpha value is -2.37. The van der Waals surface area contributed by atoms with Crippen LogP contribution in [0.25, 0.3) is 11.0 Å². The number of H-pyrrole nitrogens is 1. The van der Waals surface area contributed by atoms with Crippen molar-refractivity contribution in [2.24, 2.45) is 11.8 Å². The van der Waals surface area contributed by atoms with Crippen LogP contribution in [0.5, 0.6) is 0 Å². The molecule has 6 nitrogen and oxygen atoms in total. The number of aromatic nitrogens is 2. The van der Waals surface area contributed by atoms with E-state index in [1.807, 2.05) is 29.2 Å². The molecule has 1 saturated heterocycles. The minimum atomic E-state index is -0.134. The lowest BCUT2D eigenvalue weighted by molar-refractivity contribution is -0.134. The molecule has 2 amide bonds. The number of hydrogen-bond acceptors (Lipinski definition) is 3. The van der Waals surface area contributed by atoms with Crippen molar-refractivity contribution in [3.8, 4) is 0 Å². The number of nitrogens with zero attached hydrogens (tertiary/aromatic N) is 2. The van der Waals surface area contributed by atoms with Crippen molar-refractivity contribution in [1.29, 1.82) is 0 Å². The number of aromatic amines is 1. The van der Waals surface area contributed by atoms with Crippen LogP contribution in [-0.2, 0) is 9.59 Å². The van der Waals surface area contributed by atoms with Crippen LogP contribution in [0.2, 0.25) is 0 Å². The Bertz CT molecular complexity index is 744. The first-order valence-corrected chi connectivity index (χ1v) is 9.50. The Balaban J connectivity index is 1.72. The number of carbonyl (C=O) groups excluding carboxylic acids is 2. The molecule has 2 atom stereocenters. The summed E-state index contributed by atoms with van der Waals surface area (Å²) in [6, 6.07) is 7.78. The first kappa shape index (κ1) is 18.4. The number of nitrogens with one attached hydrogen (secondary N) is 2. The molecular weight excluding hydrogens is 328 g/mol. The lowest BCUT2D eigenvalue weighted by Crippen LogP contribution is -2.44. The molecule has 1 aromatic carbocycles. The van der Waals surface area contributed by atoms with E-state index >= 15 is 0 Å². The molecule has 1 aliphatic rings. The summed E-state index contributed by atoms with van der Waals surface area (Å²) in [5.74, 6) is 1.20. The monoisotopic (exact) mass is 356 g/mol. The third-order valence-electron chi connectivity index (χ3n) is 5.52. The van der Waals surface area contributed by atoms with Gasteiger partial charge in [0.05, 0.1) is 17.1 Å². The predicted molar refractivity (Wildman–Crippen MR) is 101 cm³/mol. The van der Waals surface area contributed by atoms with Crippen LogP contribution in [0.3, 0.4) is 0 Å². The molecular formula is C20H28N4O2. The summed E-state index contributed by atoms with van der Waals surface area (Å²) >= 11 is 0. The topological polar surface area (TPSA) is 78.1 Å². The van der Waals surface area contributed by atoms with Crippen molar-refractivity contribution in [2.45, 2.75) is 46.1 Å². The van der Waals surface area contributed by atoms with Gasteiger partial charge in [-0.1, -0.05) is 32.4 Å². The zero-order valence-electron chi connectivity index (χ0n) is 15.8. The summed E-state index contributed by atoms with van der Waals surface area (Å²) in [7, 11) is 0. The van der Waals surface area contributed by atoms with E-state index in [1.165, 1.54) is 0 Å². The lowest BCUT2D eigenvalue weighted by Gasteiger charge is -2.32. The van der Waals surface area contributed by atoms with Crippen LogP contribution in [-0.4, -0.2) is 39.8 Å². The summed E-state index contributed by atoms with van der Waals surface area (Å²) in [6.07, 6.45) is 2.39. The van der Waals surface area contributed by atoms with Crippen molar-refractivity contribution in [1.82, 2.24) is 20.2 Å². The van der Waals surface area contributed by atoms with Gasteiger partial charge in [-0.25, -0.2) is 4.98 Å². The summed E-state index contributed by atoms with van der Waals surface area (Å²) in [5.41, 5.74) is 1.90. The second-order valence-electron chi connectivity index (χ2n) is 7.29. The van der Waals surface area contributed by atoms with Crippen LogP contribution < -0.4 is 5.32 Å². The largest absolute Gasteiger partial charge is 0.346 e. The zero-order chi connectivity index (χ0) is 18.7. The van der Waals surface area contributed by atoms with Gasteiger partial charge in [-0.15, -0.1) is 0 Å². The molecule has 2 heterocycles. The number of imidazole rings is 1. The van der Waals surface area contributed by atoms with Gasteiger partial charge in [0.15, 0.2) is 0 Å². The summed E-state index contributed by atoms with van der Waals surface area (Å²) in [5, 5.41) is 3.22. The van der Waals surface area contributed by atoms with Crippen molar-refractivity contribution in [3.63, 3.8) is 0 Å². The van der Waals surface area contributed by atoms with E-state index in [4.69, 9.17) is 4.98 Å². The van der Waals surface area contributed by atoms with E-state index in [9.17, 15) is 9.59 Å². The molecule has 0 radical (unpaired) electrons. The van der Waals surface area contributed by atoms with Crippen molar-refractivity contribution in [3.05, 3.63) is 30.1 Å². The molecule has 0 aliphatic carbocycles. The van der Waals surface area contributed by atoms with Gasteiger partial charge in [-0.2, -0.15) is 0 Å². The molecule has 3 rings (SSSR count). The summed E-state index contributed by atoms with van der Waals surface area (Å²) < 4.78 is 0. The standard InChI is InChI=1S/C20H28N4O2/c1-4-13(2)18(19-21-16-7-5-6-8-17(16)22-19)23-20(26)15-9-11-24(12-10-15)14(3)25/h5-8,13,15,18H,4,9-12H2,1-3H3,(H,21,22)(H,23,26). The molecule has 1 fully saturated rings. The SMILES string of the molecule is CCC(C)C(NC(=O)C1CCN(C(C)=O)CC1)c1nc2ccccc2[nH]1. The third kappa shape index (κ3) is 3.89. The quantitative estimate of drug-likeness (QED) is 0.864. The van der Waals surface area contributed by atoms with Gasteiger partial charge in [-0.05, 0) is 30.9 Å². The van der Waals surface area contributed by atoms with E-state index in [0.29, 0.717) is 13.1 Å². The normalized spacial score (nSPS) is 17.9. The van der Waals surface area contributed by atoms with E-state index in [1.54, 1.807) is 6.92 Å². The second kappa shape index (κ2) is 7.89. The highest BCUT2D eigenvalue weighted by Gasteiger charge is 2.30. The maximum atomic E-state index is 12.8. The van der Waals surface area contributed by atoms with Gasteiger partial charge in [0.25, 0.3) is 0 Å². The average Bonchev–Trinajstić information content (AvgIpc) is 3.09. The highest BCUT2D eigenvalue weighted by molar-refractivity contribution is 5.80. The maximum Gasteiger partial charge on any atom is 0.223 e. The fourth-order valence-corrected chi connectivity index (χ4v) is 3.56. The maximum absolute atomic E-state index is 12.8. The van der Waals surface area contributed by atoms with Gasteiger partial charge < -0.3 is 15.2 Å². The number of fused-ring (bicyclic) bond motifs is 1. The Morgan fingerprint density at radius 1 is 1.31 bits per heavy atom. The fraction of sp³-hybridized carbons (Fsp3) is 0.550. The Morgan fingerprint density at radius 3 is 2.62 bits per heavy atom. The Labute approximate surface area is 154 Å². The van der Waals surface area contributed by atoms with Gasteiger partial charge in [0, 0.05) is 25.9 Å². The number of likely N-dealkylation sites (tertiary alicyclic amines) is 1. The highest BCUT2D eigenvalue weighted by atomic mass is 16.2. The van der Waals surface area contributed by atoms with Crippen molar-refractivity contribution in [2.75, 3.05) is 13.1 Å². The van der Waals surface area contributed by atoms with Gasteiger partial charge in [-0.3, -0.25) is 9.59 Å². The molecule has 1 aromatic heterocycles. The van der Waals surface area contributed by atoms with Gasteiger partial charge >= 0.3 is 0 Å². The second-order valence-corrected chi connectivity index (χ2v) is 7.29. The van der Waals surface area contributed by atoms with Gasteiger partial charge in [0.2, 0.25) is 11.8 Å². The Kier molecular flexibility index (Phi) is 5.59. The first-order chi connectivity index (χ1) is 12.5. The van der Waals surface area contributed by atoms with Crippen LogP contribution in [0.4, 0.5) is 0 Å². The zero-order valence-corrected chi connectivity index (χ0v) is 15.8. The number of carbonyl (C=O) groups is 2. The average molecular weight is 356 g/mol. The van der Waals surface area contributed by atoms with Crippen molar-refractivity contribution < 1.29 is 9.59 Å². The number of rotatable bonds is 5. The van der Waals surface area contributed by atoms with Gasteiger partial charge in [0.1, 0.15) is 5.82 Å². The van der Waals surface area contributed by atoms with Crippen LogP contribution in [0.15, 0.2) is 24.3 Å². The molecule has 26 heavy (non-hydrogen) atoms. The van der Waals surface area contributed by atoms with Crippen molar-refractivity contribution >= 4 is 22.8 Å². The molecule has 0 spiro atoms. The molecule has 2 N–H and O–H groups in total. The van der Waals surface area contributed by atoms with Crippen LogP contribution >= 0.6 is 0 Å². The number of amides is 2.